The first-order chi connectivity index (χ1) is 30.0. The number of likely N-dealkylation sites (tertiary alicyclic amines) is 5. The largest absolute Gasteiger partial charge is 1.00 e. The Kier molecular flexibility index (Phi) is 39.4. The number of hydrogen-bond acceptors (Lipinski definition) is 16. The maximum atomic E-state index is 12.1. The number of rotatable bonds is 4. The summed E-state index contributed by atoms with van der Waals surface area (Å²) in [5, 5.41) is 47.3. The second-order valence-electron chi connectivity index (χ2n) is 20.1. The molecule has 1 saturated carbocycles. The molecule has 5 heterocycles. The van der Waals surface area contributed by atoms with Gasteiger partial charge in [0, 0.05) is 51.7 Å². The third-order valence-electron chi connectivity index (χ3n) is 11.2. The Hall–Kier alpha value is -3.60. The van der Waals surface area contributed by atoms with E-state index < -0.39 is 65.1 Å². The SMILES string of the molecule is C.C.C.C.C.CC(C)(C)OC(=O)N1C[C@H](C(=O)N2CCC2)[C@@H](O)C1.CC(C)(C)OC(=O)N1C[C@H](C(=O)O)[C@@H](O)C1.CC[C@H]1CN(C(=O)OC(C)(C)C)C[C@@H]1O.O=C([C@H]1CCC[C@@H]1O)N1CCC1.O=C=O.[Na+].[OH-]. The van der Waals surface area contributed by atoms with E-state index in [1.807, 2.05) is 32.6 Å². The molecule has 5 saturated heterocycles. The quantitative estimate of drug-likeness (QED) is 0.199. The third-order valence-corrected chi connectivity index (χ3v) is 11.2. The van der Waals surface area contributed by atoms with Crippen LogP contribution in [0.25, 0.3) is 0 Å². The maximum Gasteiger partial charge on any atom is 1.00 e. The van der Waals surface area contributed by atoms with E-state index in [2.05, 4.69) is 0 Å². The minimum atomic E-state index is -1.10. The molecule has 5 aliphatic heterocycles. The van der Waals surface area contributed by atoms with E-state index >= 15 is 0 Å². The van der Waals surface area contributed by atoms with Crippen LogP contribution in [0, 0.1) is 23.7 Å². The van der Waals surface area contributed by atoms with Gasteiger partial charge in [-0.25, -0.2) is 14.4 Å². The molecule has 5 amide bonds. The number of β-amino-alcohol motifs (C(OH)–C–C–N with tert-alkyl or cyclic N) is 3. The summed E-state index contributed by atoms with van der Waals surface area (Å²) in [4.78, 5) is 93.6. The normalized spacial score (nSPS) is 24.4. The molecule has 0 bridgehead atoms. The van der Waals surface area contributed by atoms with Crippen LogP contribution in [-0.2, 0) is 38.2 Å². The monoisotopic (exact) mass is 1050 g/mol. The van der Waals surface area contributed by atoms with Gasteiger partial charge >= 0.3 is 60.0 Å². The van der Waals surface area contributed by atoms with Crippen molar-refractivity contribution in [3.05, 3.63) is 0 Å². The van der Waals surface area contributed by atoms with Crippen molar-refractivity contribution in [3.8, 4) is 0 Å². The predicted octanol–water partition coefficient (Wildman–Crippen LogP) is 2.17. The summed E-state index contributed by atoms with van der Waals surface area (Å²) in [7, 11) is 0. The fourth-order valence-corrected chi connectivity index (χ4v) is 7.51. The number of carboxylic acids is 1. The Morgan fingerprint density at radius 1 is 0.486 bits per heavy atom. The molecule has 22 nitrogen and oxygen atoms in total. The molecule has 0 unspecified atom stereocenters. The zero-order chi connectivity index (χ0) is 49.6. The second-order valence-corrected chi connectivity index (χ2v) is 20.1. The van der Waals surface area contributed by atoms with Crippen molar-refractivity contribution in [2.75, 3.05) is 65.4 Å². The molecule has 1 aliphatic carbocycles. The maximum absolute atomic E-state index is 12.1. The molecule has 0 aromatic carbocycles. The number of ether oxygens (including phenoxy) is 3. The number of aliphatic hydroxyl groups excluding tert-OH is 4. The number of carboxylic acid groups (broad SMARTS) is 1. The van der Waals surface area contributed by atoms with Crippen molar-refractivity contribution >= 4 is 42.2 Å². The van der Waals surface area contributed by atoms with Gasteiger partial charge in [-0.1, -0.05) is 44.1 Å². The number of nitrogens with zero attached hydrogens (tertiary/aromatic N) is 5. The van der Waals surface area contributed by atoms with E-state index in [0.717, 1.165) is 64.7 Å². The number of hydrogen-bond donors (Lipinski definition) is 5. The van der Waals surface area contributed by atoms with Gasteiger partial charge < -0.3 is 69.7 Å². The fraction of sp³-hybridized carbons (Fsp3) is 0.857. The van der Waals surface area contributed by atoms with Gasteiger partial charge in [0.05, 0.1) is 55.9 Å². The summed E-state index contributed by atoms with van der Waals surface area (Å²) in [5.74, 6) is -2.28. The van der Waals surface area contributed by atoms with Crippen LogP contribution in [0.2, 0.25) is 0 Å². The molecule has 0 aromatic heterocycles. The van der Waals surface area contributed by atoms with Gasteiger partial charge in [-0.15, -0.1) is 0 Å². The van der Waals surface area contributed by atoms with Crippen molar-refractivity contribution in [3.63, 3.8) is 0 Å². The summed E-state index contributed by atoms with van der Waals surface area (Å²) in [6.45, 7) is 22.8. The second kappa shape index (κ2) is 35.6. The Labute approximate surface area is 453 Å². The van der Waals surface area contributed by atoms with E-state index in [9.17, 15) is 49.2 Å². The van der Waals surface area contributed by atoms with Gasteiger partial charge in [-0.2, -0.15) is 9.59 Å². The summed E-state index contributed by atoms with van der Waals surface area (Å²) in [6, 6.07) is 0. The minimum absolute atomic E-state index is 0. The van der Waals surface area contributed by atoms with E-state index in [-0.39, 0.29) is 140 Å². The van der Waals surface area contributed by atoms with Gasteiger partial charge in [0.25, 0.3) is 0 Å². The Balaban J connectivity index is -0.000000193. The molecule has 0 spiro atoms. The van der Waals surface area contributed by atoms with Gasteiger partial charge in [-0.3, -0.25) is 14.4 Å². The van der Waals surface area contributed by atoms with Crippen LogP contribution < -0.4 is 29.6 Å². The number of carbonyl (C=O) groups excluding carboxylic acids is 7. The zero-order valence-corrected chi connectivity index (χ0v) is 43.3. The average Bonchev–Trinajstić information content (AvgIpc) is 3.91. The van der Waals surface area contributed by atoms with E-state index in [1.165, 1.54) is 9.80 Å². The predicted molar refractivity (Wildman–Crippen MR) is 266 cm³/mol. The van der Waals surface area contributed by atoms with E-state index in [0.29, 0.717) is 13.1 Å². The van der Waals surface area contributed by atoms with Crippen molar-refractivity contribution in [1.82, 2.24) is 24.5 Å². The molecule has 6 rings (SSSR count). The molecule has 72 heavy (non-hydrogen) atoms. The van der Waals surface area contributed by atoms with Crippen LogP contribution in [0.4, 0.5) is 14.4 Å². The minimum Gasteiger partial charge on any atom is -0.870 e. The average molecular weight is 1050 g/mol. The van der Waals surface area contributed by atoms with E-state index in [4.69, 9.17) is 28.9 Å². The molecule has 6 fully saturated rings. The molecular formula is C49H96N5NaO17. The smallest absolute Gasteiger partial charge is 0.870 e. The van der Waals surface area contributed by atoms with Gasteiger partial charge in [0.2, 0.25) is 11.8 Å². The number of aliphatic hydroxyl groups is 4. The summed E-state index contributed by atoms with van der Waals surface area (Å²) in [5.41, 5.74) is -1.66. The number of carbonyl (C=O) groups is 6. The standard InChI is InChI=1S/C13H22N2O4.C11H21NO3.C10H17NO5.C9H15NO2.CO2.5CH4.Na.H2O/c1-13(2,3)19-12(18)15-7-9(10(16)8-15)11(17)14-5-4-6-14;1-5-8-6-12(7-9(8)13)10(14)15-11(2,3)4;1-10(2,3)16-9(15)11-4-6(8(13)14)7(12)5-11;11-8-4-1-3-7(8)9(12)10-5-2-6-10;2-1-3;;;;;;;/h9-10,16H,4-8H2,1-3H3;8-9,13H,5-7H2,1-4H3;6-7,12H,4-5H2,1-3H3,(H,13,14);7-8,11H,1-6H2;;5*1H4;;1H2/q;;;;;;;;;;+1;/p-1/t9-,10-;8-,9-;6-,7-;7-,8-;;;;;;;;/m0000......../s1. The van der Waals surface area contributed by atoms with Crippen molar-refractivity contribution < 1.29 is 113 Å². The molecule has 6 aliphatic rings. The summed E-state index contributed by atoms with van der Waals surface area (Å²) in [6.07, 6.45) is 2.04. The van der Waals surface area contributed by atoms with Crippen molar-refractivity contribution in [2.45, 2.75) is 186 Å². The summed E-state index contributed by atoms with van der Waals surface area (Å²) >= 11 is 0. The van der Waals surface area contributed by atoms with Gasteiger partial charge in [0.15, 0.2) is 0 Å². The molecule has 6 N–H and O–H groups in total. The zero-order valence-electron chi connectivity index (χ0n) is 41.3. The fourth-order valence-electron chi connectivity index (χ4n) is 7.51. The van der Waals surface area contributed by atoms with Crippen LogP contribution >= 0.6 is 0 Å². The van der Waals surface area contributed by atoms with Gasteiger partial charge in [-0.05, 0) is 101 Å². The first-order valence-electron chi connectivity index (χ1n) is 22.5. The number of amides is 5. The topological polar surface area (TPSA) is 312 Å². The van der Waals surface area contributed by atoms with Crippen LogP contribution in [0.15, 0.2) is 0 Å². The first-order valence-corrected chi connectivity index (χ1v) is 22.5. The van der Waals surface area contributed by atoms with Crippen LogP contribution in [0.5, 0.6) is 0 Å². The Morgan fingerprint density at radius 3 is 1.07 bits per heavy atom. The molecule has 0 aromatic rings. The molecule has 8 atom stereocenters. The third kappa shape index (κ3) is 26.6. The molecule has 0 radical (unpaired) electrons. The first kappa shape index (κ1) is 79.8. The van der Waals surface area contributed by atoms with E-state index in [1.54, 1.807) is 51.3 Å². The molecule has 23 heteroatoms. The Morgan fingerprint density at radius 2 is 0.806 bits per heavy atom. The van der Waals surface area contributed by atoms with Crippen LogP contribution in [0.3, 0.4) is 0 Å². The Bertz CT molecular complexity index is 1640. The molecular weight excluding hydrogens is 954 g/mol. The number of aliphatic carboxylic acids is 1. The van der Waals surface area contributed by atoms with Gasteiger partial charge in [0.1, 0.15) is 22.7 Å². The van der Waals surface area contributed by atoms with Crippen LogP contribution in [-0.4, -0.2) is 204 Å². The molecule has 420 valence electrons. The van der Waals surface area contributed by atoms with Crippen LogP contribution in [0.1, 0.15) is 145 Å². The van der Waals surface area contributed by atoms with Crippen molar-refractivity contribution in [2.24, 2.45) is 23.7 Å². The summed E-state index contributed by atoms with van der Waals surface area (Å²) < 4.78 is 15.6. The van der Waals surface area contributed by atoms with Crippen molar-refractivity contribution in [1.29, 1.82) is 0 Å².